The zero-order valence-corrected chi connectivity index (χ0v) is 13.4. The van der Waals surface area contributed by atoms with Gasteiger partial charge >= 0.3 is 5.97 Å². The van der Waals surface area contributed by atoms with E-state index >= 15 is 0 Å². The van der Waals surface area contributed by atoms with Crippen LogP contribution >= 0.6 is 11.6 Å². The molecule has 0 radical (unpaired) electrons. The average Bonchev–Trinajstić information content (AvgIpc) is 2.46. The maximum Gasteiger partial charge on any atom is 0.305 e. The van der Waals surface area contributed by atoms with E-state index in [9.17, 15) is 9.59 Å². The fraction of sp³-hybridized carbons (Fsp3) is 0.529. The monoisotopic (exact) mass is 323 g/mol. The number of hydrogen-bond donors (Lipinski definition) is 2. The molecule has 22 heavy (non-hydrogen) atoms. The van der Waals surface area contributed by atoms with Crippen LogP contribution in [0.5, 0.6) is 0 Å². The summed E-state index contributed by atoms with van der Waals surface area (Å²) in [4.78, 5) is 23.3. The molecule has 2 rings (SSSR count). The maximum absolute atomic E-state index is 12.2. The summed E-state index contributed by atoms with van der Waals surface area (Å²) in [6.45, 7) is 0. The fourth-order valence-electron chi connectivity index (χ4n) is 3.13. The first-order valence-corrected chi connectivity index (χ1v) is 8.14. The van der Waals surface area contributed by atoms with Crippen molar-refractivity contribution in [2.75, 3.05) is 0 Å². The highest BCUT2D eigenvalue weighted by Gasteiger charge is 2.35. The van der Waals surface area contributed by atoms with Crippen LogP contribution in [0.15, 0.2) is 24.3 Å². The van der Waals surface area contributed by atoms with Crippen LogP contribution in [0.25, 0.3) is 0 Å². The predicted molar refractivity (Wildman–Crippen MR) is 86.0 cm³/mol. The Morgan fingerprint density at radius 2 is 1.77 bits per heavy atom. The molecule has 0 heterocycles. The minimum atomic E-state index is -0.847. The molecular weight excluding hydrogens is 302 g/mol. The molecule has 0 spiro atoms. The zero-order chi connectivity index (χ0) is 16.0. The van der Waals surface area contributed by atoms with Crippen LogP contribution in [0.2, 0.25) is 5.02 Å². The molecule has 0 aromatic heterocycles. The average molecular weight is 324 g/mol. The van der Waals surface area contributed by atoms with E-state index in [0.29, 0.717) is 17.9 Å². The van der Waals surface area contributed by atoms with Gasteiger partial charge in [-0.05, 0) is 37.0 Å². The summed E-state index contributed by atoms with van der Waals surface area (Å²) in [6.07, 6.45) is 5.59. The number of aryl methyl sites for hydroxylation is 1. The Kier molecular flexibility index (Phi) is 5.83. The molecule has 1 saturated carbocycles. The van der Waals surface area contributed by atoms with E-state index in [2.05, 4.69) is 5.32 Å². The molecule has 1 aliphatic carbocycles. The van der Waals surface area contributed by atoms with Crippen LogP contribution in [0.3, 0.4) is 0 Å². The van der Waals surface area contributed by atoms with Gasteiger partial charge in [-0.2, -0.15) is 0 Å². The minimum absolute atomic E-state index is 0.0136. The van der Waals surface area contributed by atoms with Crippen molar-refractivity contribution in [1.29, 1.82) is 0 Å². The number of carbonyl (C=O) groups excluding carboxylic acids is 1. The fourth-order valence-corrected chi connectivity index (χ4v) is 3.26. The quantitative estimate of drug-likeness (QED) is 0.841. The van der Waals surface area contributed by atoms with Gasteiger partial charge in [0.2, 0.25) is 5.91 Å². The molecule has 1 fully saturated rings. The van der Waals surface area contributed by atoms with Crippen LogP contribution in [0, 0.1) is 0 Å². The lowest BCUT2D eigenvalue weighted by molar-refractivity contribution is -0.139. The van der Waals surface area contributed by atoms with Crippen LogP contribution in [0.1, 0.15) is 50.5 Å². The number of rotatable bonds is 6. The van der Waals surface area contributed by atoms with Crippen molar-refractivity contribution < 1.29 is 14.7 Å². The molecular formula is C17H22ClNO3. The van der Waals surface area contributed by atoms with Crippen LogP contribution in [-0.4, -0.2) is 22.5 Å². The van der Waals surface area contributed by atoms with Crippen molar-refractivity contribution in [2.24, 2.45) is 0 Å². The minimum Gasteiger partial charge on any atom is -0.481 e. The second-order valence-corrected chi connectivity index (χ2v) is 6.52. The molecule has 2 N–H and O–H groups in total. The summed E-state index contributed by atoms with van der Waals surface area (Å²) in [5.74, 6) is -0.919. The first-order chi connectivity index (χ1) is 10.5. The SMILES string of the molecule is O=C(O)CC1(NC(=O)CCc2ccc(Cl)cc2)CCCCC1. The third-order valence-corrected chi connectivity index (χ3v) is 4.51. The number of hydrogen-bond acceptors (Lipinski definition) is 2. The summed E-state index contributed by atoms with van der Waals surface area (Å²) >= 11 is 5.84. The van der Waals surface area contributed by atoms with Crippen LogP contribution in [-0.2, 0) is 16.0 Å². The van der Waals surface area contributed by atoms with Crippen molar-refractivity contribution in [3.8, 4) is 0 Å². The molecule has 0 aliphatic heterocycles. The Balaban J connectivity index is 1.90. The summed E-state index contributed by atoms with van der Waals surface area (Å²) < 4.78 is 0. The van der Waals surface area contributed by atoms with E-state index < -0.39 is 11.5 Å². The van der Waals surface area contributed by atoms with Crippen molar-refractivity contribution >= 4 is 23.5 Å². The smallest absolute Gasteiger partial charge is 0.305 e. The van der Waals surface area contributed by atoms with Crippen molar-refractivity contribution in [2.45, 2.75) is 56.9 Å². The van der Waals surface area contributed by atoms with Gasteiger partial charge < -0.3 is 10.4 Å². The summed E-state index contributed by atoms with van der Waals surface area (Å²) in [6, 6.07) is 7.43. The molecule has 120 valence electrons. The number of halogens is 1. The highest BCUT2D eigenvalue weighted by atomic mass is 35.5. The van der Waals surface area contributed by atoms with Crippen molar-refractivity contribution in [3.05, 3.63) is 34.9 Å². The van der Waals surface area contributed by atoms with Gasteiger partial charge in [-0.25, -0.2) is 0 Å². The van der Waals surface area contributed by atoms with Gasteiger partial charge in [-0.1, -0.05) is 43.0 Å². The van der Waals surface area contributed by atoms with E-state index in [1.807, 2.05) is 24.3 Å². The van der Waals surface area contributed by atoms with Crippen LogP contribution in [0.4, 0.5) is 0 Å². The molecule has 4 nitrogen and oxygen atoms in total. The second kappa shape index (κ2) is 7.63. The third-order valence-electron chi connectivity index (χ3n) is 4.26. The van der Waals surface area contributed by atoms with Crippen molar-refractivity contribution in [3.63, 3.8) is 0 Å². The van der Waals surface area contributed by atoms with Gasteiger partial charge in [0.15, 0.2) is 0 Å². The van der Waals surface area contributed by atoms with E-state index in [4.69, 9.17) is 16.7 Å². The number of carboxylic acid groups (broad SMARTS) is 1. The largest absolute Gasteiger partial charge is 0.481 e. The first-order valence-electron chi connectivity index (χ1n) is 7.76. The maximum atomic E-state index is 12.2. The number of carbonyl (C=O) groups is 2. The third kappa shape index (κ3) is 5.02. The van der Waals surface area contributed by atoms with Gasteiger partial charge in [0.25, 0.3) is 0 Å². The Labute approximate surface area is 135 Å². The molecule has 0 saturated heterocycles. The predicted octanol–water partition coefficient (Wildman–Crippen LogP) is 3.57. The zero-order valence-electron chi connectivity index (χ0n) is 12.6. The van der Waals surface area contributed by atoms with E-state index in [1.54, 1.807) is 0 Å². The number of aliphatic carboxylic acids is 1. The molecule has 5 heteroatoms. The van der Waals surface area contributed by atoms with Gasteiger partial charge in [0.1, 0.15) is 0 Å². The normalized spacial score (nSPS) is 17.0. The highest BCUT2D eigenvalue weighted by Crippen LogP contribution is 2.31. The summed E-state index contributed by atoms with van der Waals surface area (Å²) in [5.41, 5.74) is 0.497. The summed E-state index contributed by atoms with van der Waals surface area (Å²) in [5, 5.41) is 12.8. The molecule has 0 bridgehead atoms. The van der Waals surface area contributed by atoms with E-state index in [-0.39, 0.29) is 12.3 Å². The number of nitrogens with one attached hydrogen (secondary N) is 1. The van der Waals surface area contributed by atoms with Crippen molar-refractivity contribution in [1.82, 2.24) is 5.32 Å². The highest BCUT2D eigenvalue weighted by molar-refractivity contribution is 6.30. The second-order valence-electron chi connectivity index (χ2n) is 6.09. The van der Waals surface area contributed by atoms with Gasteiger partial charge in [0, 0.05) is 11.4 Å². The van der Waals surface area contributed by atoms with Gasteiger partial charge in [0.05, 0.1) is 12.0 Å². The van der Waals surface area contributed by atoms with E-state index in [1.165, 1.54) is 0 Å². The topological polar surface area (TPSA) is 66.4 Å². The lowest BCUT2D eigenvalue weighted by Crippen LogP contribution is -2.51. The molecule has 1 aromatic carbocycles. The van der Waals surface area contributed by atoms with Gasteiger partial charge in [-0.3, -0.25) is 9.59 Å². The number of benzene rings is 1. The Morgan fingerprint density at radius 3 is 2.36 bits per heavy atom. The lowest BCUT2D eigenvalue weighted by atomic mass is 9.79. The summed E-state index contributed by atoms with van der Waals surface area (Å²) in [7, 11) is 0. The lowest BCUT2D eigenvalue weighted by Gasteiger charge is -2.37. The Morgan fingerprint density at radius 1 is 1.14 bits per heavy atom. The standard InChI is InChI=1S/C17H22ClNO3/c18-14-7-4-13(5-8-14)6-9-15(20)19-17(12-16(21)22)10-2-1-3-11-17/h4-5,7-8H,1-3,6,9-12H2,(H,19,20)(H,21,22). The van der Waals surface area contributed by atoms with E-state index in [0.717, 1.165) is 37.7 Å². The number of carboxylic acids is 1. The van der Waals surface area contributed by atoms with Gasteiger partial charge in [-0.15, -0.1) is 0 Å². The molecule has 1 amide bonds. The number of amides is 1. The molecule has 0 unspecified atom stereocenters. The van der Waals surface area contributed by atoms with Crippen LogP contribution < -0.4 is 5.32 Å². The molecule has 1 aromatic rings. The molecule has 1 aliphatic rings. The Hall–Kier alpha value is -1.55. The first kappa shape index (κ1) is 16.8. The Bertz CT molecular complexity index is 521. The molecule has 0 atom stereocenters.